The van der Waals surface area contributed by atoms with Gasteiger partial charge in [-0.2, -0.15) is 5.10 Å². The molecule has 0 aliphatic carbocycles. The lowest BCUT2D eigenvalue weighted by Gasteiger charge is -2.16. The van der Waals surface area contributed by atoms with Crippen LogP contribution in [0.25, 0.3) is 0 Å². The molecule has 3 rings (SSSR count). The van der Waals surface area contributed by atoms with Crippen molar-refractivity contribution in [2.45, 2.75) is 56.6 Å². The highest BCUT2D eigenvalue weighted by molar-refractivity contribution is 7.89. The quantitative estimate of drug-likeness (QED) is 0.828. The molecule has 1 aromatic heterocycles. The number of hydrogen-bond donors (Lipinski definition) is 1. The SMILES string of the molecule is CCCn1nc2n(c1=O)CCC(NS(=O)(=O)c1cccc(Cl)c1F)CC2. The van der Waals surface area contributed by atoms with Crippen molar-refractivity contribution in [3.63, 3.8) is 0 Å². The Balaban J connectivity index is 1.76. The van der Waals surface area contributed by atoms with E-state index < -0.39 is 26.8 Å². The van der Waals surface area contributed by atoms with Gasteiger partial charge in [-0.05, 0) is 31.4 Å². The van der Waals surface area contributed by atoms with Crippen molar-refractivity contribution in [3.05, 3.63) is 45.3 Å². The lowest BCUT2D eigenvalue weighted by Crippen LogP contribution is -2.36. The summed E-state index contributed by atoms with van der Waals surface area (Å²) in [4.78, 5) is 11.8. The van der Waals surface area contributed by atoms with Crippen molar-refractivity contribution in [1.82, 2.24) is 19.1 Å². The summed E-state index contributed by atoms with van der Waals surface area (Å²) in [5.74, 6) is -0.315. The monoisotopic (exact) mass is 402 g/mol. The van der Waals surface area contributed by atoms with E-state index >= 15 is 0 Å². The Morgan fingerprint density at radius 3 is 2.88 bits per heavy atom. The van der Waals surface area contributed by atoms with Crippen molar-refractivity contribution >= 4 is 21.6 Å². The van der Waals surface area contributed by atoms with Crippen LogP contribution in [0.5, 0.6) is 0 Å². The summed E-state index contributed by atoms with van der Waals surface area (Å²) >= 11 is 5.68. The second kappa shape index (κ2) is 7.50. The van der Waals surface area contributed by atoms with E-state index in [1.165, 1.54) is 22.9 Å². The second-order valence-corrected chi connectivity index (χ2v) is 8.36. The molecule has 0 saturated heterocycles. The highest BCUT2D eigenvalue weighted by Crippen LogP contribution is 2.23. The Bertz CT molecular complexity index is 970. The van der Waals surface area contributed by atoms with Gasteiger partial charge in [0.15, 0.2) is 5.82 Å². The first-order valence-corrected chi connectivity index (χ1v) is 10.3. The molecule has 0 spiro atoms. The van der Waals surface area contributed by atoms with Crippen molar-refractivity contribution in [2.75, 3.05) is 0 Å². The van der Waals surface area contributed by atoms with Gasteiger partial charge in [-0.25, -0.2) is 27.0 Å². The number of fused-ring (bicyclic) bond motifs is 1. The van der Waals surface area contributed by atoms with Gasteiger partial charge in [0.25, 0.3) is 0 Å². The van der Waals surface area contributed by atoms with Crippen LogP contribution in [-0.4, -0.2) is 28.8 Å². The van der Waals surface area contributed by atoms with Crippen LogP contribution in [0, 0.1) is 5.82 Å². The van der Waals surface area contributed by atoms with Gasteiger partial charge in [-0.1, -0.05) is 24.6 Å². The highest BCUT2D eigenvalue weighted by Gasteiger charge is 2.27. The Kier molecular flexibility index (Phi) is 5.50. The van der Waals surface area contributed by atoms with E-state index in [1.807, 2.05) is 6.92 Å². The summed E-state index contributed by atoms with van der Waals surface area (Å²) in [5, 5.41) is 4.08. The molecule has 0 amide bonds. The number of halogens is 2. The summed E-state index contributed by atoms with van der Waals surface area (Å²) < 4.78 is 44.6. The molecule has 0 radical (unpaired) electrons. The zero-order chi connectivity index (χ0) is 18.9. The third-order valence-electron chi connectivity index (χ3n) is 4.38. The van der Waals surface area contributed by atoms with E-state index in [9.17, 15) is 17.6 Å². The van der Waals surface area contributed by atoms with E-state index in [1.54, 1.807) is 4.57 Å². The van der Waals surface area contributed by atoms with Gasteiger partial charge in [0, 0.05) is 25.6 Å². The van der Waals surface area contributed by atoms with Crippen LogP contribution in [0.15, 0.2) is 27.9 Å². The Labute approximate surface area is 155 Å². The molecule has 1 atom stereocenters. The van der Waals surface area contributed by atoms with Crippen molar-refractivity contribution in [3.8, 4) is 0 Å². The van der Waals surface area contributed by atoms with Crippen LogP contribution in [0.2, 0.25) is 5.02 Å². The first-order valence-electron chi connectivity index (χ1n) is 8.46. The number of nitrogens with zero attached hydrogens (tertiary/aromatic N) is 3. The minimum atomic E-state index is -4.05. The van der Waals surface area contributed by atoms with E-state index in [0.29, 0.717) is 38.2 Å². The average Bonchev–Trinajstić information content (AvgIpc) is 2.75. The molecule has 0 fully saturated rings. The van der Waals surface area contributed by atoms with E-state index in [0.717, 1.165) is 6.42 Å². The van der Waals surface area contributed by atoms with Crippen molar-refractivity contribution < 1.29 is 12.8 Å². The maximum Gasteiger partial charge on any atom is 0.345 e. The van der Waals surface area contributed by atoms with Gasteiger partial charge in [0.1, 0.15) is 10.7 Å². The minimum absolute atomic E-state index is 0.175. The summed E-state index contributed by atoms with van der Waals surface area (Å²) in [6.07, 6.45) is 2.18. The predicted molar refractivity (Wildman–Crippen MR) is 95.2 cm³/mol. The smallest absolute Gasteiger partial charge is 0.279 e. The first kappa shape index (κ1) is 19.1. The molecule has 10 heteroatoms. The van der Waals surface area contributed by atoms with Crippen LogP contribution in [-0.2, 0) is 29.5 Å². The molecule has 1 aliphatic heterocycles. The number of hydrogen-bond acceptors (Lipinski definition) is 4. The standard InChI is InChI=1S/C16H20ClFN4O3S/c1-2-9-22-16(23)21-10-8-11(6-7-14(21)19-22)20-26(24,25)13-5-3-4-12(17)15(13)18/h3-5,11,20H,2,6-10H2,1H3. The van der Waals surface area contributed by atoms with Gasteiger partial charge in [0.2, 0.25) is 10.0 Å². The van der Waals surface area contributed by atoms with Crippen LogP contribution >= 0.6 is 11.6 Å². The first-order chi connectivity index (χ1) is 12.3. The fourth-order valence-electron chi connectivity index (χ4n) is 3.08. The number of aryl methyl sites for hydroxylation is 2. The minimum Gasteiger partial charge on any atom is -0.279 e. The zero-order valence-electron chi connectivity index (χ0n) is 14.3. The summed E-state index contributed by atoms with van der Waals surface area (Å²) in [7, 11) is -4.05. The van der Waals surface area contributed by atoms with Crippen LogP contribution in [0.4, 0.5) is 4.39 Å². The molecule has 1 aliphatic rings. The number of sulfonamides is 1. The summed E-state index contributed by atoms with van der Waals surface area (Å²) in [6.45, 7) is 2.89. The molecule has 7 nitrogen and oxygen atoms in total. The second-order valence-electron chi connectivity index (χ2n) is 6.27. The maximum atomic E-state index is 14.1. The van der Waals surface area contributed by atoms with Gasteiger partial charge in [-0.3, -0.25) is 4.57 Å². The molecular formula is C16H20ClFN4O3S. The average molecular weight is 403 g/mol. The van der Waals surface area contributed by atoms with Gasteiger partial charge in [0.05, 0.1) is 5.02 Å². The highest BCUT2D eigenvalue weighted by atomic mass is 35.5. The van der Waals surface area contributed by atoms with E-state index in [4.69, 9.17) is 11.6 Å². The van der Waals surface area contributed by atoms with E-state index in [2.05, 4.69) is 9.82 Å². The van der Waals surface area contributed by atoms with Crippen molar-refractivity contribution in [1.29, 1.82) is 0 Å². The van der Waals surface area contributed by atoms with Crippen LogP contribution in [0.1, 0.15) is 32.0 Å². The Morgan fingerprint density at radius 1 is 1.38 bits per heavy atom. The van der Waals surface area contributed by atoms with E-state index in [-0.39, 0.29) is 10.7 Å². The van der Waals surface area contributed by atoms with Gasteiger partial charge >= 0.3 is 5.69 Å². The largest absolute Gasteiger partial charge is 0.345 e. The Hall–Kier alpha value is -1.71. The fraction of sp³-hybridized carbons (Fsp3) is 0.500. The molecule has 26 heavy (non-hydrogen) atoms. The number of nitrogens with one attached hydrogen (secondary N) is 1. The number of benzene rings is 1. The lowest BCUT2D eigenvalue weighted by molar-refractivity contribution is 0.480. The Morgan fingerprint density at radius 2 is 2.15 bits per heavy atom. The number of rotatable bonds is 5. The molecule has 0 saturated carbocycles. The van der Waals surface area contributed by atoms with Gasteiger partial charge < -0.3 is 0 Å². The molecule has 2 aromatic rings. The molecule has 0 bridgehead atoms. The maximum absolute atomic E-state index is 14.1. The molecule has 142 valence electrons. The normalized spacial score (nSPS) is 17.7. The third kappa shape index (κ3) is 3.70. The van der Waals surface area contributed by atoms with Gasteiger partial charge in [-0.15, -0.1) is 0 Å². The van der Waals surface area contributed by atoms with Crippen molar-refractivity contribution in [2.24, 2.45) is 0 Å². The molecule has 1 unspecified atom stereocenters. The summed E-state index contributed by atoms with van der Waals surface area (Å²) in [5.41, 5.74) is -0.175. The fourth-order valence-corrected chi connectivity index (χ4v) is 4.71. The third-order valence-corrected chi connectivity index (χ3v) is 6.21. The topological polar surface area (TPSA) is 86.0 Å². The lowest BCUT2D eigenvalue weighted by atomic mass is 10.1. The number of aromatic nitrogens is 3. The molecule has 1 aromatic carbocycles. The predicted octanol–water partition coefficient (Wildman–Crippen LogP) is 1.93. The zero-order valence-corrected chi connectivity index (χ0v) is 15.9. The summed E-state index contributed by atoms with van der Waals surface area (Å²) in [6, 6.07) is 3.44. The van der Waals surface area contributed by atoms with Crippen LogP contribution < -0.4 is 10.4 Å². The molecule has 2 heterocycles. The van der Waals surface area contributed by atoms with Crippen LogP contribution in [0.3, 0.4) is 0 Å². The molecule has 1 N–H and O–H groups in total. The molecular weight excluding hydrogens is 383 g/mol.